The Kier molecular flexibility index (Phi) is 3.34. The van der Waals surface area contributed by atoms with E-state index in [1.165, 1.54) is 0 Å². The summed E-state index contributed by atoms with van der Waals surface area (Å²) < 4.78 is 18.0. The van der Waals surface area contributed by atoms with Crippen LogP contribution in [0.5, 0.6) is 0 Å². The highest BCUT2D eigenvalue weighted by atomic mass is 127. The molecule has 0 saturated carbocycles. The summed E-state index contributed by atoms with van der Waals surface area (Å²) in [7, 11) is 0. The molecule has 4 unspecified atom stereocenters. The topological polar surface area (TPSA) is 44.8 Å². The van der Waals surface area contributed by atoms with Gasteiger partial charge in [0.25, 0.3) is 0 Å². The Bertz CT molecular complexity index is 322. The van der Waals surface area contributed by atoms with Gasteiger partial charge in [-0.15, -0.1) is 0 Å². The van der Waals surface area contributed by atoms with Crippen LogP contribution in [0.25, 0.3) is 0 Å². The highest BCUT2D eigenvalue weighted by molar-refractivity contribution is 14.1. The van der Waals surface area contributed by atoms with Crippen LogP contribution in [0, 0.1) is 5.41 Å². The standard InChI is InChI=1S/C12H17IO4/c13-3-1-4-15-9-6-8-7-12(10(9)17-8)2-5-16-11(12)14/h8-10H,1-7H2. The Morgan fingerprint density at radius 1 is 1.53 bits per heavy atom. The number of cyclic esters (lactones) is 1. The lowest BCUT2D eigenvalue weighted by Gasteiger charge is -2.32. The quantitative estimate of drug-likeness (QED) is 0.334. The maximum atomic E-state index is 11.9. The van der Waals surface area contributed by atoms with Crippen LogP contribution < -0.4 is 0 Å². The summed E-state index contributed by atoms with van der Waals surface area (Å²) in [4.78, 5) is 11.9. The largest absolute Gasteiger partial charge is 0.465 e. The van der Waals surface area contributed by atoms with E-state index in [4.69, 9.17) is 14.2 Å². The lowest BCUT2D eigenvalue weighted by Crippen LogP contribution is -2.45. The fourth-order valence-electron chi connectivity index (χ4n) is 3.33. The molecule has 0 aromatic heterocycles. The van der Waals surface area contributed by atoms with E-state index in [0.717, 1.165) is 36.7 Å². The summed E-state index contributed by atoms with van der Waals surface area (Å²) in [6, 6.07) is 0. The summed E-state index contributed by atoms with van der Waals surface area (Å²) in [6.07, 6.45) is 3.89. The number of hydrogen-bond donors (Lipinski definition) is 0. The highest BCUT2D eigenvalue weighted by Crippen LogP contribution is 2.53. The Morgan fingerprint density at radius 2 is 2.41 bits per heavy atom. The van der Waals surface area contributed by atoms with Crippen molar-refractivity contribution < 1.29 is 19.0 Å². The molecule has 3 rings (SSSR count). The second-order valence-electron chi connectivity index (χ2n) is 5.11. The van der Waals surface area contributed by atoms with Crippen molar-refractivity contribution in [2.75, 3.05) is 17.6 Å². The van der Waals surface area contributed by atoms with Crippen molar-refractivity contribution in [3.63, 3.8) is 0 Å². The maximum Gasteiger partial charge on any atom is 0.315 e. The average Bonchev–Trinajstić information content (AvgIpc) is 2.96. The number of carbonyl (C=O) groups excluding carboxylic acids is 1. The van der Waals surface area contributed by atoms with E-state index in [9.17, 15) is 4.79 Å². The molecule has 3 fully saturated rings. The first-order chi connectivity index (χ1) is 8.26. The molecular weight excluding hydrogens is 335 g/mol. The van der Waals surface area contributed by atoms with Gasteiger partial charge in [-0.2, -0.15) is 0 Å². The zero-order valence-electron chi connectivity index (χ0n) is 9.69. The SMILES string of the molecule is O=C1OCCC12CC1CC(OCCCI)C2O1. The molecule has 5 heteroatoms. The van der Waals surface area contributed by atoms with E-state index < -0.39 is 0 Å². The van der Waals surface area contributed by atoms with Crippen molar-refractivity contribution in [2.45, 2.75) is 44.0 Å². The zero-order valence-corrected chi connectivity index (χ0v) is 11.9. The summed E-state index contributed by atoms with van der Waals surface area (Å²) in [5, 5.41) is 0. The Labute approximate surface area is 115 Å². The van der Waals surface area contributed by atoms with Gasteiger partial charge < -0.3 is 14.2 Å². The van der Waals surface area contributed by atoms with Crippen LogP contribution in [0.3, 0.4) is 0 Å². The van der Waals surface area contributed by atoms with Gasteiger partial charge in [0.15, 0.2) is 0 Å². The molecule has 4 nitrogen and oxygen atoms in total. The first kappa shape index (κ1) is 12.2. The number of halogens is 1. The summed E-state index contributed by atoms with van der Waals surface area (Å²) in [5.41, 5.74) is -0.377. The summed E-state index contributed by atoms with van der Waals surface area (Å²) in [6.45, 7) is 1.32. The van der Waals surface area contributed by atoms with E-state index >= 15 is 0 Å². The second-order valence-corrected chi connectivity index (χ2v) is 6.19. The van der Waals surface area contributed by atoms with Crippen molar-refractivity contribution >= 4 is 28.6 Å². The molecule has 3 saturated heterocycles. The van der Waals surface area contributed by atoms with Gasteiger partial charge in [-0.05, 0) is 12.8 Å². The van der Waals surface area contributed by atoms with Gasteiger partial charge in [-0.25, -0.2) is 0 Å². The normalized spacial score (nSPS) is 43.6. The first-order valence-corrected chi connectivity index (χ1v) is 7.79. The Balaban J connectivity index is 1.68. The van der Waals surface area contributed by atoms with E-state index in [-0.39, 0.29) is 29.7 Å². The number of ether oxygens (including phenoxy) is 3. The molecule has 0 aliphatic carbocycles. The van der Waals surface area contributed by atoms with Crippen molar-refractivity contribution in [1.82, 2.24) is 0 Å². The number of rotatable bonds is 4. The molecule has 4 atom stereocenters. The molecule has 3 heterocycles. The van der Waals surface area contributed by atoms with Crippen LogP contribution in [-0.4, -0.2) is 41.9 Å². The van der Waals surface area contributed by atoms with Crippen molar-refractivity contribution in [2.24, 2.45) is 5.41 Å². The minimum absolute atomic E-state index is 0.0586. The lowest BCUT2D eigenvalue weighted by atomic mass is 9.72. The molecule has 3 aliphatic rings. The monoisotopic (exact) mass is 352 g/mol. The smallest absolute Gasteiger partial charge is 0.315 e. The predicted molar refractivity (Wildman–Crippen MR) is 69.1 cm³/mol. The fourth-order valence-corrected chi connectivity index (χ4v) is 3.64. The Morgan fingerprint density at radius 3 is 3.06 bits per heavy atom. The van der Waals surface area contributed by atoms with Crippen LogP contribution in [0.4, 0.5) is 0 Å². The van der Waals surface area contributed by atoms with Gasteiger partial charge in [-0.1, -0.05) is 22.6 Å². The first-order valence-electron chi connectivity index (χ1n) is 6.26. The third kappa shape index (κ3) is 1.90. The summed E-state index contributed by atoms with van der Waals surface area (Å²) >= 11 is 2.35. The molecule has 0 N–H and O–H groups in total. The number of hydrogen-bond acceptors (Lipinski definition) is 4. The molecule has 0 amide bonds. The average molecular weight is 352 g/mol. The molecule has 0 aromatic carbocycles. The summed E-state index contributed by atoms with van der Waals surface area (Å²) in [5.74, 6) is -0.0628. The second kappa shape index (κ2) is 4.66. The van der Waals surface area contributed by atoms with Crippen LogP contribution >= 0.6 is 22.6 Å². The molecule has 0 aromatic rings. The van der Waals surface area contributed by atoms with E-state index in [1.54, 1.807) is 0 Å². The van der Waals surface area contributed by atoms with E-state index in [1.807, 2.05) is 0 Å². The number of alkyl halides is 1. The van der Waals surface area contributed by atoms with Gasteiger partial charge in [-0.3, -0.25) is 4.79 Å². The molecule has 96 valence electrons. The molecule has 1 spiro atoms. The number of carbonyl (C=O) groups is 1. The third-order valence-electron chi connectivity index (χ3n) is 4.11. The predicted octanol–water partition coefficient (Wildman–Crippen LogP) is 1.69. The lowest BCUT2D eigenvalue weighted by molar-refractivity contribution is -0.152. The molecule has 17 heavy (non-hydrogen) atoms. The minimum atomic E-state index is -0.377. The van der Waals surface area contributed by atoms with Crippen LogP contribution in [-0.2, 0) is 19.0 Å². The Hall–Kier alpha value is 0.120. The van der Waals surface area contributed by atoms with Gasteiger partial charge in [0, 0.05) is 23.9 Å². The van der Waals surface area contributed by atoms with Gasteiger partial charge in [0.05, 0.1) is 18.8 Å². The minimum Gasteiger partial charge on any atom is -0.465 e. The molecule has 0 radical (unpaired) electrons. The zero-order chi connectivity index (χ0) is 11.9. The van der Waals surface area contributed by atoms with E-state index in [0.29, 0.717) is 6.61 Å². The van der Waals surface area contributed by atoms with Crippen LogP contribution in [0.2, 0.25) is 0 Å². The molecule has 2 bridgehead atoms. The van der Waals surface area contributed by atoms with Gasteiger partial charge in [0.1, 0.15) is 11.5 Å². The number of fused-ring (bicyclic) bond motifs is 3. The number of esters is 1. The van der Waals surface area contributed by atoms with Crippen molar-refractivity contribution in [1.29, 1.82) is 0 Å². The van der Waals surface area contributed by atoms with Crippen LogP contribution in [0.15, 0.2) is 0 Å². The van der Waals surface area contributed by atoms with Crippen molar-refractivity contribution in [3.8, 4) is 0 Å². The van der Waals surface area contributed by atoms with Crippen molar-refractivity contribution in [3.05, 3.63) is 0 Å². The van der Waals surface area contributed by atoms with Gasteiger partial charge in [0.2, 0.25) is 0 Å². The molecule has 3 aliphatic heterocycles. The third-order valence-corrected chi connectivity index (χ3v) is 4.87. The maximum absolute atomic E-state index is 11.9. The highest BCUT2D eigenvalue weighted by Gasteiger charge is 2.64. The molecular formula is C12H17IO4. The van der Waals surface area contributed by atoms with Crippen LogP contribution in [0.1, 0.15) is 25.7 Å². The van der Waals surface area contributed by atoms with Gasteiger partial charge >= 0.3 is 5.97 Å². The fraction of sp³-hybridized carbons (Fsp3) is 0.917. The van der Waals surface area contributed by atoms with E-state index in [2.05, 4.69) is 22.6 Å².